The van der Waals surface area contributed by atoms with Gasteiger partial charge in [0.25, 0.3) is 5.91 Å². The van der Waals surface area contributed by atoms with Gasteiger partial charge in [-0.15, -0.1) is 0 Å². The minimum atomic E-state index is -5.85. The largest absolute Gasteiger partial charge is 0.516 e. The van der Waals surface area contributed by atoms with E-state index >= 15 is 0 Å². The van der Waals surface area contributed by atoms with E-state index in [9.17, 15) is 31.2 Å². The second-order valence-electron chi connectivity index (χ2n) is 9.82. The van der Waals surface area contributed by atoms with Crippen molar-refractivity contribution in [3.63, 3.8) is 0 Å². The quantitative estimate of drug-likeness (QED) is 0.239. The Balaban J connectivity index is 1.64. The number of amides is 2. The number of halogens is 3. The third-order valence-electron chi connectivity index (χ3n) is 6.94. The van der Waals surface area contributed by atoms with Crippen molar-refractivity contribution in [1.82, 2.24) is 14.3 Å². The fourth-order valence-electron chi connectivity index (χ4n) is 4.60. The van der Waals surface area contributed by atoms with E-state index < -0.39 is 21.4 Å². The van der Waals surface area contributed by atoms with E-state index in [2.05, 4.69) is 11.5 Å². The number of aromatic nitrogens is 2. The molecule has 1 N–H and O–H groups in total. The smallest absolute Gasteiger partial charge is 0.323 e. The van der Waals surface area contributed by atoms with Gasteiger partial charge in [0.2, 0.25) is 5.91 Å². The Kier molecular flexibility index (Phi) is 9.05. The lowest BCUT2D eigenvalue weighted by atomic mass is 9.98. The van der Waals surface area contributed by atoms with Gasteiger partial charge in [0.05, 0.1) is 11.0 Å². The molecule has 0 aliphatic rings. The van der Waals surface area contributed by atoms with E-state index in [0.29, 0.717) is 18.5 Å². The van der Waals surface area contributed by atoms with Crippen molar-refractivity contribution in [3.8, 4) is 11.1 Å². The molecule has 0 radical (unpaired) electrons. The number of rotatable bonds is 10. The zero-order chi connectivity index (χ0) is 30.7. The summed E-state index contributed by atoms with van der Waals surface area (Å²) in [5, 5.41) is 0. The van der Waals surface area contributed by atoms with E-state index in [1.807, 2.05) is 37.3 Å². The SMILES string of the molecule is CCCCc1nc2cc(N(C)C(=O)CC)ccc2n1Cc1ccc(-c2ccccc2C(=O)NS(=O)(=O)C(F)(F)F)cc1. The fraction of sp³-hybridized carbons (Fsp3) is 0.300. The summed E-state index contributed by atoms with van der Waals surface area (Å²) in [5.74, 6) is -0.463. The Morgan fingerprint density at radius 1 is 1.00 bits per heavy atom. The van der Waals surface area contributed by atoms with Gasteiger partial charge < -0.3 is 9.47 Å². The van der Waals surface area contributed by atoms with Gasteiger partial charge in [0.1, 0.15) is 5.82 Å². The number of sulfonamides is 1. The van der Waals surface area contributed by atoms with Crippen LogP contribution >= 0.6 is 0 Å². The third-order valence-corrected chi connectivity index (χ3v) is 8.00. The van der Waals surface area contributed by atoms with E-state index in [1.165, 1.54) is 18.2 Å². The van der Waals surface area contributed by atoms with Crippen molar-refractivity contribution in [1.29, 1.82) is 0 Å². The average molecular weight is 601 g/mol. The van der Waals surface area contributed by atoms with Crippen LogP contribution in [0.2, 0.25) is 0 Å². The maximum absolute atomic E-state index is 12.8. The van der Waals surface area contributed by atoms with E-state index in [-0.39, 0.29) is 17.0 Å². The topological polar surface area (TPSA) is 101 Å². The highest BCUT2D eigenvalue weighted by Crippen LogP contribution is 2.28. The molecule has 2 amide bonds. The number of nitrogens with one attached hydrogen (secondary N) is 1. The van der Waals surface area contributed by atoms with Gasteiger partial charge in [-0.05, 0) is 47.4 Å². The number of imidazole rings is 1. The number of unbranched alkanes of at least 4 members (excludes halogenated alkanes) is 1. The van der Waals surface area contributed by atoms with E-state index in [4.69, 9.17) is 4.98 Å². The molecule has 4 aromatic rings. The lowest BCUT2D eigenvalue weighted by Gasteiger charge is -2.16. The first-order chi connectivity index (χ1) is 19.9. The molecule has 1 aromatic heterocycles. The predicted molar refractivity (Wildman–Crippen MR) is 155 cm³/mol. The summed E-state index contributed by atoms with van der Waals surface area (Å²) >= 11 is 0. The van der Waals surface area contributed by atoms with Gasteiger partial charge in [0.15, 0.2) is 0 Å². The van der Waals surface area contributed by atoms with Crippen molar-refractivity contribution in [2.75, 3.05) is 11.9 Å². The summed E-state index contributed by atoms with van der Waals surface area (Å²) in [7, 11) is -4.11. The highest BCUT2D eigenvalue weighted by molar-refractivity contribution is 7.90. The normalized spacial score (nSPS) is 12.0. The number of aryl methyl sites for hydroxylation is 1. The van der Waals surface area contributed by atoms with Crippen molar-refractivity contribution in [2.45, 2.75) is 51.6 Å². The standard InChI is InChI=1S/C30H31F3N4O4S/c1-4-6-11-27-34-25-18-22(36(3)28(38)5-2)16-17-26(25)37(27)19-20-12-14-21(15-13-20)23-9-7-8-10-24(23)29(39)35-42(40,41)30(31,32)33/h7-10,12-18H,4-6,11,19H2,1-3H3,(H,35,39). The van der Waals surface area contributed by atoms with Gasteiger partial charge in [-0.1, -0.05) is 62.7 Å². The molecule has 0 saturated carbocycles. The zero-order valence-corrected chi connectivity index (χ0v) is 24.2. The first kappa shape index (κ1) is 30.8. The Bertz CT molecular complexity index is 1710. The number of hydrogen-bond donors (Lipinski definition) is 1. The van der Waals surface area contributed by atoms with Crippen LogP contribution < -0.4 is 9.62 Å². The van der Waals surface area contributed by atoms with Crippen LogP contribution in [0.5, 0.6) is 0 Å². The molecule has 0 aliphatic heterocycles. The molecule has 0 fully saturated rings. The first-order valence-corrected chi connectivity index (χ1v) is 14.9. The summed E-state index contributed by atoms with van der Waals surface area (Å²) in [6.07, 6.45) is 3.11. The van der Waals surface area contributed by atoms with Gasteiger partial charge in [-0.2, -0.15) is 21.6 Å². The van der Waals surface area contributed by atoms with Gasteiger partial charge in [-0.25, -0.2) is 9.71 Å². The van der Waals surface area contributed by atoms with Gasteiger partial charge in [0, 0.05) is 37.7 Å². The molecule has 0 atom stereocenters. The average Bonchev–Trinajstić information content (AvgIpc) is 3.30. The Morgan fingerprint density at radius 2 is 1.69 bits per heavy atom. The number of alkyl halides is 3. The summed E-state index contributed by atoms with van der Waals surface area (Å²) in [4.78, 5) is 31.2. The van der Waals surface area contributed by atoms with Gasteiger partial charge >= 0.3 is 15.5 Å². The molecular formula is C30H31F3N4O4S. The molecule has 42 heavy (non-hydrogen) atoms. The van der Waals surface area contributed by atoms with E-state index in [1.54, 1.807) is 30.1 Å². The summed E-state index contributed by atoms with van der Waals surface area (Å²) in [5.41, 5.74) is -1.63. The Labute approximate surface area is 242 Å². The maximum atomic E-state index is 12.8. The summed E-state index contributed by atoms with van der Waals surface area (Å²) in [6, 6.07) is 18.7. The van der Waals surface area contributed by atoms with Crippen molar-refractivity contribution >= 4 is 38.6 Å². The summed E-state index contributed by atoms with van der Waals surface area (Å²) in [6.45, 7) is 4.41. The third kappa shape index (κ3) is 6.48. The molecule has 8 nitrogen and oxygen atoms in total. The van der Waals surface area contributed by atoms with Crippen LogP contribution in [0.1, 0.15) is 54.9 Å². The monoisotopic (exact) mass is 600 g/mol. The highest BCUT2D eigenvalue weighted by Gasteiger charge is 2.47. The minimum absolute atomic E-state index is 0.00103. The number of nitrogens with zero attached hydrogens (tertiary/aromatic N) is 3. The Morgan fingerprint density at radius 3 is 2.33 bits per heavy atom. The molecule has 0 saturated heterocycles. The number of carbonyl (C=O) groups is 2. The Hall–Kier alpha value is -4.19. The number of carbonyl (C=O) groups excluding carboxylic acids is 2. The van der Waals surface area contributed by atoms with Crippen molar-refractivity contribution in [2.24, 2.45) is 0 Å². The second kappa shape index (κ2) is 12.4. The molecule has 1 heterocycles. The van der Waals surface area contributed by atoms with Crippen LogP contribution in [0.15, 0.2) is 66.7 Å². The molecule has 0 unspecified atom stereocenters. The molecular weight excluding hydrogens is 569 g/mol. The lowest BCUT2D eigenvalue weighted by molar-refractivity contribution is -0.118. The van der Waals surface area contributed by atoms with E-state index in [0.717, 1.165) is 52.1 Å². The predicted octanol–water partition coefficient (Wildman–Crippen LogP) is 6.05. The number of fused-ring (bicyclic) bond motifs is 1. The molecule has 0 spiro atoms. The van der Waals surface area contributed by atoms with Crippen molar-refractivity contribution < 1.29 is 31.2 Å². The second-order valence-corrected chi connectivity index (χ2v) is 11.5. The van der Waals surface area contributed by atoms with Crippen LogP contribution in [0.3, 0.4) is 0 Å². The molecule has 4 rings (SSSR count). The molecule has 3 aromatic carbocycles. The molecule has 0 bridgehead atoms. The van der Waals surface area contributed by atoms with Crippen LogP contribution in [0.4, 0.5) is 18.9 Å². The lowest BCUT2D eigenvalue weighted by Crippen LogP contribution is -2.40. The fourth-order valence-corrected chi connectivity index (χ4v) is 5.07. The summed E-state index contributed by atoms with van der Waals surface area (Å²) < 4.78 is 64.6. The zero-order valence-electron chi connectivity index (χ0n) is 23.4. The van der Waals surface area contributed by atoms with Crippen LogP contribution in [0.25, 0.3) is 22.2 Å². The molecule has 0 aliphatic carbocycles. The first-order valence-electron chi connectivity index (χ1n) is 13.4. The number of anilines is 1. The number of benzene rings is 3. The van der Waals surface area contributed by atoms with Crippen LogP contribution in [0, 0.1) is 0 Å². The molecule has 222 valence electrons. The van der Waals surface area contributed by atoms with Gasteiger partial charge in [-0.3, -0.25) is 9.59 Å². The van der Waals surface area contributed by atoms with Crippen molar-refractivity contribution in [3.05, 3.63) is 83.7 Å². The highest BCUT2D eigenvalue weighted by atomic mass is 32.2. The molecule has 12 heteroatoms. The number of hydrogen-bond acceptors (Lipinski definition) is 5. The van der Waals surface area contributed by atoms with Crippen LogP contribution in [-0.4, -0.2) is 42.3 Å². The maximum Gasteiger partial charge on any atom is 0.516 e. The minimum Gasteiger partial charge on any atom is -0.323 e. The van der Waals surface area contributed by atoms with Crippen LogP contribution in [-0.2, 0) is 27.8 Å².